The molecule has 0 amide bonds. The Labute approximate surface area is 253 Å². The van der Waals surface area contributed by atoms with Gasteiger partial charge in [0.05, 0.1) is 11.1 Å². The fourth-order valence-corrected chi connectivity index (χ4v) is 6.22. The van der Waals surface area contributed by atoms with Gasteiger partial charge in [0.25, 0.3) is 0 Å². The van der Waals surface area contributed by atoms with Crippen molar-refractivity contribution in [3.05, 3.63) is 110 Å². The molecule has 0 aromatic heterocycles. The zero-order valence-corrected chi connectivity index (χ0v) is 26.0. The van der Waals surface area contributed by atoms with Crippen molar-refractivity contribution in [3.63, 3.8) is 0 Å². The van der Waals surface area contributed by atoms with Crippen LogP contribution < -0.4 is 9.80 Å². The number of rotatable bonds is 16. The fourth-order valence-electron chi connectivity index (χ4n) is 6.22. The summed E-state index contributed by atoms with van der Waals surface area (Å²) in [6.45, 7) is 18.6. The van der Waals surface area contributed by atoms with Crippen LogP contribution in [-0.2, 0) is 0 Å². The average molecular weight is 569 g/mol. The smallest absolute Gasteiger partial charge is 0.183 e. The molecule has 2 aromatic carbocycles. The first kappa shape index (κ1) is 32.8. The molecule has 42 heavy (non-hydrogen) atoms. The van der Waals surface area contributed by atoms with Gasteiger partial charge in [-0.15, -0.1) is 26.3 Å². The lowest BCUT2D eigenvalue weighted by Crippen LogP contribution is -2.65. The monoisotopic (exact) mass is 568 g/mol. The molecule has 0 spiro atoms. The summed E-state index contributed by atoms with van der Waals surface area (Å²) in [6, 6.07) is 15.6. The van der Waals surface area contributed by atoms with E-state index in [1.807, 2.05) is 111 Å². The molecule has 0 saturated carbocycles. The minimum Gasteiger partial charge on any atom is -0.378 e. The summed E-state index contributed by atoms with van der Waals surface area (Å²) in [5, 5.41) is 0. The van der Waals surface area contributed by atoms with Crippen LogP contribution in [0.4, 0.5) is 11.4 Å². The molecule has 0 unspecified atom stereocenters. The standard InChI is InChI=1S/C36H48N4O2/c1-9-21-35(22-10-2,33(41)29-13-17-31(18-14-29)37(5)6)39-25-27-40(28-26-39)36(23-11-3,24-12-4)34(42)30-15-19-32(20-16-30)38(7)8/h9-20H,1-4,21-28H2,5-8H3. The molecular formula is C36H48N4O2. The van der Waals surface area contributed by atoms with Gasteiger partial charge in [0.15, 0.2) is 11.6 Å². The van der Waals surface area contributed by atoms with Crippen LogP contribution in [0.15, 0.2) is 99.2 Å². The molecule has 1 aliphatic heterocycles. The Morgan fingerprint density at radius 2 is 0.857 bits per heavy atom. The van der Waals surface area contributed by atoms with Gasteiger partial charge >= 0.3 is 0 Å². The van der Waals surface area contributed by atoms with Crippen LogP contribution in [0.3, 0.4) is 0 Å². The van der Waals surface area contributed by atoms with Crippen LogP contribution in [0.1, 0.15) is 46.4 Å². The van der Waals surface area contributed by atoms with Crippen LogP contribution in [-0.4, -0.2) is 86.8 Å². The highest BCUT2D eigenvalue weighted by Crippen LogP contribution is 2.36. The number of piperazine rings is 1. The SMILES string of the molecule is C=CCC(CC=C)(C(=O)c1ccc(N(C)C)cc1)N1CCN(C(CC=C)(CC=C)C(=O)c2ccc(N(C)C)cc2)CC1. The summed E-state index contributed by atoms with van der Waals surface area (Å²) in [4.78, 5) is 37.1. The third-order valence-corrected chi connectivity index (χ3v) is 8.56. The summed E-state index contributed by atoms with van der Waals surface area (Å²) in [7, 11) is 7.94. The third-order valence-electron chi connectivity index (χ3n) is 8.56. The number of carbonyl (C=O) groups is 2. The van der Waals surface area contributed by atoms with Crippen molar-refractivity contribution in [1.82, 2.24) is 9.80 Å². The highest BCUT2D eigenvalue weighted by atomic mass is 16.1. The first-order valence-corrected chi connectivity index (χ1v) is 14.7. The zero-order chi connectivity index (χ0) is 30.9. The van der Waals surface area contributed by atoms with Gasteiger partial charge in [-0.1, -0.05) is 24.3 Å². The summed E-state index contributed by atoms with van der Waals surface area (Å²) < 4.78 is 0. The largest absolute Gasteiger partial charge is 0.378 e. The van der Waals surface area contributed by atoms with E-state index in [9.17, 15) is 9.59 Å². The molecule has 0 radical (unpaired) electrons. The van der Waals surface area contributed by atoms with Gasteiger partial charge in [-0.05, 0) is 74.2 Å². The van der Waals surface area contributed by atoms with Crippen molar-refractivity contribution >= 4 is 22.9 Å². The minimum atomic E-state index is -0.791. The molecular weight excluding hydrogens is 520 g/mol. The molecule has 1 heterocycles. The summed E-state index contributed by atoms with van der Waals surface area (Å²) in [5.41, 5.74) is 1.85. The van der Waals surface area contributed by atoms with Crippen molar-refractivity contribution in [1.29, 1.82) is 0 Å². The van der Waals surface area contributed by atoms with Crippen LogP contribution in [0.25, 0.3) is 0 Å². The second kappa shape index (κ2) is 14.4. The topological polar surface area (TPSA) is 47.1 Å². The Bertz CT molecular complexity index is 1130. The van der Waals surface area contributed by atoms with E-state index in [0.29, 0.717) is 63.0 Å². The van der Waals surface area contributed by atoms with E-state index in [-0.39, 0.29) is 11.6 Å². The van der Waals surface area contributed by atoms with Crippen LogP contribution in [0.5, 0.6) is 0 Å². The maximum Gasteiger partial charge on any atom is 0.183 e. The van der Waals surface area contributed by atoms with Crippen molar-refractivity contribution in [2.45, 2.75) is 36.8 Å². The van der Waals surface area contributed by atoms with Crippen LogP contribution in [0.2, 0.25) is 0 Å². The predicted octanol–water partition coefficient (Wildman–Crippen LogP) is 6.28. The van der Waals surface area contributed by atoms with E-state index in [4.69, 9.17) is 0 Å². The molecule has 0 bridgehead atoms. The molecule has 6 heteroatoms. The quantitative estimate of drug-likeness (QED) is 0.175. The molecule has 1 saturated heterocycles. The Balaban J connectivity index is 1.94. The van der Waals surface area contributed by atoms with Gasteiger partial charge < -0.3 is 9.80 Å². The molecule has 3 rings (SSSR count). The first-order valence-electron chi connectivity index (χ1n) is 14.7. The number of carbonyl (C=O) groups excluding carboxylic acids is 2. The van der Waals surface area contributed by atoms with Crippen molar-refractivity contribution < 1.29 is 9.59 Å². The Morgan fingerprint density at radius 3 is 1.07 bits per heavy atom. The maximum absolute atomic E-state index is 14.2. The van der Waals surface area contributed by atoms with E-state index >= 15 is 0 Å². The molecule has 1 fully saturated rings. The summed E-state index contributed by atoms with van der Waals surface area (Å²) in [6.07, 6.45) is 9.38. The molecule has 2 aromatic rings. The molecule has 0 N–H and O–H groups in total. The van der Waals surface area contributed by atoms with Crippen LogP contribution in [0, 0.1) is 0 Å². The maximum atomic E-state index is 14.2. The van der Waals surface area contributed by atoms with Gasteiger partial charge in [0, 0.05) is 76.9 Å². The van der Waals surface area contributed by atoms with Gasteiger partial charge in [-0.25, -0.2) is 0 Å². The highest BCUT2D eigenvalue weighted by molar-refractivity contribution is 6.04. The van der Waals surface area contributed by atoms with Crippen molar-refractivity contribution in [2.75, 3.05) is 64.2 Å². The number of ketones is 2. The average Bonchev–Trinajstić information content (AvgIpc) is 3.00. The molecule has 0 atom stereocenters. The number of hydrogen-bond acceptors (Lipinski definition) is 6. The van der Waals surface area contributed by atoms with Crippen molar-refractivity contribution in [2.24, 2.45) is 0 Å². The normalized spacial score (nSPS) is 14.6. The number of hydrogen-bond donors (Lipinski definition) is 0. The molecule has 1 aliphatic rings. The third kappa shape index (κ3) is 6.66. The van der Waals surface area contributed by atoms with E-state index in [1.165, 1.54) is 0 Å². The van der Waals surface area contributed by atoms with Gasteiger partial charge in [-0.2, -0.15) is 0 Å². The summed E-state index contributed by atoms with van der Waals surface area (Å²) >= 11 is 0. The van der Waals surface area contributed by atoms with E-state index in [2.05, 4.69) is 36.1 Å². The Hall–Kier alpha value is -3.74. The minimum absolute atomic E-state index is 0.0709. The molecule has 224 valence electrons. The molecule has 6 nitrogen and oxygen atoms in total. The van der Waals surface area contributed by atoms with E-state index < -0.39 is 11.1 Å². The second-order valence-corrected chi connectivity index (χ2v) is 11.5. The number of Topliss-reactive ketones (excluding diaryl/α,β-unsaturated/α-hetero) is 2. The lowest BCUT2D eigenvalue weighted by molar-refractivity contribution is -0.00210. The summed E-state index contributed by atoms with van der Waals surface area (Å²) in [5.74, 6) is 0.142. The van der Waals surface area contributed by atoms with Gasteiger partial charge in [0.2, 0.25) is 0 Å². The van der Waals surface area contributed by atoms with Gasteiger partial charge in [-0.3, -0.25) is 19.4 Å². The number of benzene rings is 2. The zero-order valence-electron chi connectivity index (χ0n) is 26.0. The van der Waals surface area contributed by atoms with E-state index in [1.54, 1.807) is 0 Å². The lowest BCUT2D eigenvalue weighted by Gasteiger charge is -2.51. The molecule has 0 aliphatic carbocycles. The predicted molar refractivity (Wildman–Crippen MR) is 178 cm³/mol. The second-order valence-electron chi connectivity index (χ2n) is 11.5. The fraction of sp³-hybridized carbons (Fsp3) is 0.389. The highest BCUT2D eigenvalue weighted by Gasteiger charge is 2.48. The van der Waals surface area contributed by atoms with Crippen LogP contribution >= 0.6 is 0 Å². The van der Waals surface area contributed by atoms with E-state index in [0.717, 1.165) is 11.4 Å². The first-order chi connectivity index (χ1) is 20.1. The van der Waals surface area contributed by atoms with Gasteiger partial charge in [0.1, 0.15) is 0 Å². The lowest BCUT2D eigenvalue weighted by atomic mass is 9.79. The number of nitrogens with zero attached hydrogens (tertiary/aromatic N) is 4. The Kier molecular flexibility index (Phi) is 11.3. The number of anilines is 2. The van der Waals surface area contributed by atoms with Crippen molar-refractivity contribution in [3.8, 4) is 0 Å². The Morgan fingerprint density at radius 1 is 0.595 bits per heavy atom.